The molecule has 126 valence electrons. The highest BCUT2D eigenvalue weighted by atomic mass is 16.6. The summed E-state index contributed by atoms with van der Waals surface area (Å²) in [6, 6.07) is 2.16. The fraction of sp³-hybridized carbons (Fsp3) is 0.647. The Morgan fingerprint density at radius 3 is 2.61 bits per heavy atom. The van der Waals surface area contributed by atoms with Crippen LogP contribution in [0.1, 0.15) is 32.0 Å². The van der Waals surface area contributed by atoms with Crippen LogP contribution in [-0.2, 0) is 11.2 Å². The van der Waals surface area contributed by atoms with Crippen LogP contribution >= 0.6 is 0 Å². The monoisotopic (exact) mass is 318 g/mol. The van der Waals surface area contributed by atoms with Crippen LogP contribution in [0, 0.1) is 6.92 Å². The Morgan fingerprint density at radius 1 is 1.26 bits per heavy atom. The van der Waals surface area contributed by atoms with Gasteiger partial charge in [0.25, 0.3) is 0 Å². The van der Waals surface area contributed by atoms with Crippen molar-refractivity contribution in [3.63, 3.8) is 0 Å². The normalized spacial score (nSPS) is 17.7. The van der Waals surface area contributed by atoms with Crippen LogP contribution in [0.15, 0.2) is 6.07 Å². The number of hydrogen-bond acceptors (Lipinski definition) is 5. The molecule has 2 aliphatic rings. The van der Waals surface area contributed by atoms with Crippen LogP contribution in [0.3, 0.4) is 0 Å². The topological polar surface area (TPSA) is 57.7 Å². The Hall–Kier alpha value is -1.98. The van der Waals surface area contributed by atoms with Gasteiger partial charge in [-0.25, -0.2) is 9.78 Å². The molecule has 1 N–H and O–H groups in total. The summed E-state index contributed by atoms with van der Waals surface area (Å²) in [5.41, 5.74) is 3.16. The molecule has 0 atom stereocenters. The largest absolute Gasteiger partial charge is 0.444 e. The first-order valence-electron chi connectivity index (χ1n) is 8.31. The lowest BCUT2D eigenvalue weighted by molar-refractivity contribution is 0.0240. The van der Waals surface area contributed by atoms with Crippen molar-refractivity contribution in [1.82, 2.24) is 9.88 Å². The van der Waals surface area contributed by atoms with Crippen molar-refractivity contribution >= 4 is 17.6 Å². The summed E-state index contributed by atoms with van der Waals surface area (Å²) >= 11 is 0. The quantitative estimate of drug-likeness (QED) is 0.862. The van der Waals surface area contributed by atoms with Crippen molar-refractivity contribution in [2.24, 2.45) is 0 Å². The predicted molar refractivity (Wildman–Crippen MR) is 91.2 cm³/mol. The van der Waals surface area contributed by atoms with Gasteiger partial charge >= 0.3 is 6.09 Å². The predicted octanol–water partition coefficient (Wildman–Crippen LogP) is 2.42. The molecule has 3 rings (SSSR count). The summed E-state index contributed by atoms with van der Waals surface area (Å²) < 4.78 is 5.46. The van der Waals surface area contributed by atoms with Gasteiger partial charge in [-0.2, -0.15) is 0 Å². The van der Waals surface area contributed by atoms with E-state index in [1.807, 2.05) is 27.7 Å². The summed E-state index contributed by atoms with van der Waals surface area (Å²) in [5, 5.41) is 3.35. The van der Waals surface area contributed by atoms with E-state index in [-0.39, 0.29) is 6.09 Å². The summed E-state index contributed by atoms with van der Waals surface area (Å²) in [7, 11) is 0. The lowest BCUT2D eigenvalue weighted by Crippen LogP contribution is -2.50. The minimum Gasteiger partial charge on any atom is -0.444 e. The number of carbonyl (C=O) groups excluding carboxylic acids is 1. The molecule has 0 aliphatic carbocycles. The molecule has 0 unspecified atom stereocenters. The zero-order chi connectivity index (χ0) is 16.6. The van der Waals surface area contributed by atoms with Gasteiger partial charge in [0.15, 0.2) is 0 Å². The first-order chi connectivity index (χ1) is 10.8. The maximum atomic E-state index is 12.2. The van der Waals surface area contributed by atoms with Gasteiger partial charge in [-0.1, -0.05) is 0 Å². The molecule has 0 saturated carbocycles. The molecular formula is C17H26N4O2. The van der Waals surface area contributed by atoms with Crippen molar-refractivity contribution in [3.8, 4) is 0 Å². The summed E-state index contributed by atoms with van der Waals surface area (Å²) in [6.07, 6.45) is 0.805. The maximum absolute atomic E-state index is 12.2. The van der Waals surface area contributed by atoms with E-state index in [1.54, 1.807) is 4.90 Å². The molecule has 1 saturated heterocycles. The number of anilines is 2. The van der Waals surface area contributed by atoms with E-state index in [2.05, 4.69) is 21.3 Å². The second kappa shape index (κ2) is 5.91. The van der Waals surface area contributed by atoms with E-state index in [9.17, 15) is 4.79 Å². The van der Waals surface area contributed by atoms with Crippen LogP contribution in [0.2, 0.25) is 0 Å². The number of hydrogen-bond donors (Lipinski definition) is 1. The third-order valence-corrected chi connectivity index (χ3v) is 4.17. The number of aromatic nitrogens is 1. The molecule has 3 heterocycles. The Balaban J connectivity index is 1.67. The van der Waals surface area contributed by atoms with Gasteiger partial charge in [0.1, 0.15) is 11.4 Å². The number of piperazine rings is 1. The molecule has 0 spiro atoms. The number of fused-ring (bicyclic) bond motifs is 1. The van der Waals surface area contributed by atoms with E-state index >= 15 is 0 Å². The van der Waals surface area contributed by atoms with Gasteiger partial charge in [0, 0.05) is 49.7 Å². The van der Waals surface area contributed by atoms with Crippen LogP contribution < -0.4 is 10.2 Å². The van der Waals surface area contributed by atoms with E-state index in [0.717, 1.165) is 37.6 Å². The Labute approximate surface area is 137 Å². The lowest BCUT2D eigenvalue weighted by atomic mass is 10.1. The van der Waals surface area contributed by atoms with Crippen molar-refractivity contribution in [3.05, 3.63) is 17.3 Å². The van der Waals surface area contributed by atoms with Gasteiger partial charge in [0.2, 0.25) is 0 Å². The molecule has 1 amide bonds. The Kier molecular flexibility index (Phi) is 4.08. The number of amides is 1. The number of nitrogens with one attached hydrogen (secondary N) is 1. The molecule has 6 heteroatoms. The SMILES string of the molecule is Cc1cc(N2CCN(C(=O)OC(C)(C)C)CC2)c2c(n1)NCC2. The summed E-state index contributed by atoms with van der Waals surface area (Å²) in [5.74, 6) is 1.02. The second-order valence-electron chi connectivity index (χ2n) is 7.24. The third-order valence-electron chi connectivity index (χ3n) is 4.17. The number of pyridine rings is 1. The highest BCUT2D eigenvalue weighted by Gasteiger charge is 2.28. The Morgan fingerprint density at radius 2 is 1.96 bits per heavy atom. The average molecular weight is 318 g/mol. The zero-order valence-corrected chi connectivity index (χ0v) is 14.5. The molecule has 0 aromatic carbocycles. The molecule has 0 bridgehead atoms. The minimum atomic E-state index is -0.442. The van der Waals surface area contributed by atoms with Crippen molar-refractivity contribution in [2.45, 2.75) is 39.7 Å². The number of rotatable bonds is 1. The van der Waals surface area contributed by atoms with Gasteiger partial charge < -0.3 is 19.9 Å². The van der Waals surface area contributed by atoms with Crippen LogP contribution in [0.5, 0.6) is 0 Å². The average Bonchev–Trinajstić information content (AvgIpc) is 2.93. The van der Waals surface area contributed by atoms with E-state index < -0.39 is 5.60 Å². The van der Waals surface area contributed by atoms with Crippen LogP contribution in [-0.4, -0.2) is 54.3 Å². The zero-order valence-electron chi connectivity index (χ0n) is 14.5. The van der Waals surface area contributed by atoms with Gasteiger partial charge in [0.05, 0.1) is 0 Å². The van der Waals surface area contributed by atoms with E-state index in [0.29, 0.717) is 13.1 Å². The van der Waals surface area contributed by atoms with Crippen LogP contribution in [0.25, 0.3) is 0 Å². The van der Waals surface area contributed by atoms with Gasteiger partial charge in [-0.05, 0) is 40.2 Å². The number of ether oxygens (including phenoxy) is 1. The van der Waals surface area contributed by atoms with Gasteiger partial charge in [-0.15, -0.1) is 0 Å². The molecule has 0 radical (unpaired) electrons. The number of nitrogens with zero attached hydrogens (tertiary/aromatic N) is 3. The first-order valence-corrected chi connectivity index (χ1v) is 8.31. The van der Waals surface area contributed by atoms with Gasteiger partial charge in [-0.3, -0.25) is 0 Å². The number of aryl methyl sites for hydroxylation is 1. The molecular weight excluding hydrogens is 292 g/mol. The Bertz CT molecular complexity index is 601. The van der Waals surface area contributed by atoms with Crippen molar-refractivity contribution in [2.75, 3.05) is 42.9 Å². The molecule has 6 nitrogen and oxygen atoms in total. The summed E-state index contributed by atoms with van der Waals surface area (Å²) in [4.78, 5) is 20.9. The van der Waals surface area contributed by atoms with Crippen LogP contribution in [0.4, 0.5) is 16.3 Å². The van der Waals surface area contributed by atoms with Crippen molar-refractivity contribution in [1.29, 1.82) is 0 Å². The van der Waals surface area contributed by atoms with Crippen molar-refractivity contribution < 1.29 is 9.53 Å². The molecule has 1 fully saturated rings. The van der Waals surface area contributed by atoms with E-state index in [4.69, 9.17) is 4.74 Å². The third kappa shape index (κ3) is 3.51. The number of carbonyl (C=O) groups is 1. The second-order valence-corrected chi connectivity index (χ2v) is 7.24. The standard InChI is InChI=1S/C17H26N4O2/c1-12-11-14(13-5-6-18-15(13)19-12)20-7-9-21(10-8-20)16(22)23-17(2,3)4/h11H,5-10H2,1-4H3,(H,18,19). The van der Waals surface area contributed by atoms with E-state index in [1.165, 1.54) is 11.3 Å². The highest BCUT2D eigenvalue weighted by Crippen LogP contribution is 2.32. The fourth-order valence-electron chi connectivity index (χ4n) is 3.12. The maximum Gasteiger partial charge on any atom is 0.410 e. The molecule has 23 heavy (non-hydrogen) atoms. The highest BCUT2D eigenvalue weighted by molar-refractivity contribution is 5.70. The smallest absolute Gasteiger partial charge is 0.410 e. The summed E-state index contributed by atoms with van der Waals surface area (Å²) in [6.45, 7) is 11.7. The molecule has 1 aromatic rings. The fourth-order valence-corrected chi connectivity index (χ4v) is 3.12. The molecule has 2 aliphatic heterocycles. The lowest BCUT2D eigenvalue weighted by Gasteiger charge is -2.37. The minimum absolute atomic E-state index is 0.213. The first kappa shape index (κ1) is 15.9. The molecule has 1 aromatic heterocycles.